The number of allylic oxidation sites excluding steroid dienone is 1. The Morgan fingerprint density at radius 3 is 2.40 bits per heavy atom. The van der Waals surface area contributed by atoms with Gasteiger partial charge in [-0.2, -0.15) is 0 Å². The van der Waals surface area contributed by atoms with E-state index in [1.165, 1.54) is 29.2 Å². The average Bonchev–Trinajstić information content (AvgIpc) is 2.97. The van der Waals surface area contributed by atoms with Crippen LogP contribution in [0.4, 0.5) is 16.3 Å². The lowest BCUT2D eigenvalue weighted by molar-refractivity contribution is 0.0633. The Morgan fingerprint density at radius 1 is 1.04 bits per heavy atom. The molecule has 1 aliphatic heterocycles. The third-order valence-corrected chi connectivity index (χ3v) is 9.01. The molecular weight excluding hydrogens is 684 g/mol. The van der Waals surface area contributed by atoms with Crippen LogP contribution in [0.2, 0.25) is 5.02 Å². The lowest BCUT2D eigenvalue weighted by Crippen LogP contribution is -2.47. The van der Waals surface area contributed by atoms with Crippen molar-refractivity contribution in [3.63, 3.8) is 0 Å². The molecule has 2 aromatic carbocycles. The van der Waals surface area contributed by atoms with Gasteiger partial charge in [0, 0.05) is 61.6 Å². The van der Waals surface area contributed by atoms with Gasteiger partial charge in [-0.25, -0.2) is 14.6 Å². The first-order valence-electron chi connectivity index (χ1n) is 15.8. The van der Waals surface area contributed by atoms with E-state index in [1.807, 2.05) is 18.2 Å². The first kappa shape index (κ1) is 34.7. The molecule has 1 aromatic heterocycles. The summed E-state index contributed by atoms with van der Waals surface area (Å²) in [4.78, 5) is 33.5. The van der Waals surface area contributed by atoms with Gasteiger partial charge in [-0.15, -0.1) is 0 Å². The molecule has 0 spiro atoms. The van der Waals surface area contributed by atoms with E-state index in [9.17, 15) is 14.7 Å². The van der Waals surface area contributed by atoms with E-state index in [1.54, 1.807) is 39.0 Å². The molecule has 1 aliphatic carbocycles. The number of amides is 1. The molecule has 250 valence electrons. The van der Waals surface area contributed by atoms with Crippen LogP contribution in [-0.2, 0) is 4.74 Å². The van der Waals surface area contributed by atoms with Crippen molar-refractivity contribution >= 4 is 56.7 Å². The van der Waals surface area contributed by atoms with Crippen LogP contribution in [0.15, 0.2) is 64.8 Å². The van der Waals surface area contributed by atoms with Crippen molar-refractivity contribution in [3.8, 4) is 11.5 Å². The van der Waals surface area contributed by atoms with Crippen molar-refractivity contribution in [2.45, 2.75) is 59.5 Å². The lowest BCUT2D eigenvalue weighted by Gasteiger charge is -2.39. The first-order valence-corrected chi connectivity index (χ1v) is 17.0. The molecule has 1 saturated heterocycles. The van der Waals surface area contributed by atoms with Crippen LogP contribution < -0.4 is 15.0 Å². The van der Waals surface area contributed by atoms with E-state index in [0.717, 1.165) is 56.3 Å². The van der Waals surface area contributed by atoms with Crippen LogP contribution in [0.1, 0.15) is 69.8 Å². The standard InChI is InChI=1S/C36H42BrClN4O5/c1-35(2,3)47-34(45)40-32-20-27(19-31(37)39-32)46-30-18-26(10-11-28(30)33(43)44)42-16-14-41(15-17-42)22-24-12-13-36(4,5)21-29(24)23-6-8-25(38)9-7-23/h6-11,18-20H,12-17,21-22H2,1-5H3,(H,43,44)(H,39,40,45). The number of anilines is 2. The Hall–Kier alpha value is -3.60. The summed E-state index contributed by atoms with van der Waals surface area (Å²) < 4.78 is 11.8. The van der Waals surface area contributed by atoms with Crippen molar-refractivity contribution in [1.82, 2.24) is 9.88 Å². The normalized spacial score (nSPS) is 17.0. The minimum atomic E-state index is -1.10. The number of piperazine rings is 1. The van der Waals surface area contributed by atoms with E-state index in [2.05, 4.69) is 62.0 Å². The quantitative estimate of drug-likeness (QED) is 0.222. The topological polar surface area (TPSA) is 104 Å². The minimum absolute atomic E-state index is 0.0314. The number of halogens is 2. The number of carbonyl (C=O) groups is 2. The Bertz CT molecular complexity index is 1660. The number of rotatable bonds is 8. The molecule has 0 saturated carbocycles. The molecule has 11 heteroatoms. The summed E-state index contributed by atoms with van der Waals surface area (Å²) in [5.41, 5.74) is 4.71. The zero-order valence-electron chi connectivity index (χ0n) is 27.5. The van der Waals surface area contributed by atoms with Crippen LogP contribution in [-0.4, -0.2) is 65.4 Å². The number of benzene rings is 2. The van der Waals surface area contributed by atoms with Gasteiger partial charge < -0.3 is 19.5 Å². The summed E-state index contributed by atoms with van der Waals surface area (Å²) in [6.45, 7) is 14.3. The summed E-state index contributed by atoms with van der Waals surface area (Å²) in [7, 11) is 0. The van der Waals surface area contributed by atoms with Gasteiger partial charge in [0.25, 0.3) is 0 Å². The number of carboxylic acids is 1. The van der Waals surface area contributed by atoms with Crippen molar-refractivity contribution in [2.75, 3.05) is 42.9 Å². The SMILES string of the molecule is CC1(C)CCC(CN2CCN(c3ccc(C(=O)O)c(Oc4cc(Br)nc(NC(=O)OC(C)(C)C)c4)c3)CC2)=C(c2ccc(Cl)cc2)C1. The van der Waals surface area contributed by atoms with E-state index in [0.29, 0.717) is 10.4 Å². The number of carboxylic acid groups (broad SMARTS) is 1. The number of ether oxygens (including phenoxy) is 2. The number of aromatic nitrogens is 1. The Kier molecular flexibility index (Phi) is 10.5. The van der Waals surface area contributed by atoms with E-state index in [-0.39, 0.29) is 22.5 Å². The fourth-order valence-corrected chi connectivity index (χ4v) is 6.54. The molecule has 3 aromatic rings. The molecule has 1 amide bonds. The summed E-state index contributed by atoms with van der Waals surface area (Å²) in [5.74, 6) is -0.398. The maximum atomic E-state index is 12.3. The molecule has 2 aliphatic rings. The Morgan fingerprint density at radius 2 is 1.74 bits per heavy atom. The van der Waals surface area contributed by atoms with Crippen LogP contribution in [0, 0.1) is 5.41 Å². The number of pyridine rings is 1. The highest BCUT2D eigenvalue weighted by Gasteiger charge is 2.29. The zero-order valence-corrected chi connectivity index (χ0v) is 29.9. The van der Waals surface area contributed by atoms with Crippen molar-refractivity contribution < 1.29 is 24.2 Å². The molecule has 5 rings (SSSR count). The third kappa shape index (κ3) is 9.49. The van der Waals surface area contributed by atoms with Crippen LogP contribution >= 0.6 is 27.5 Å². The van der Waals surface area contributed by atoms with Gasteiger partial charge in [0.2, 0.25) is 0 Å². The number of hydrogen-bond acceptors (Lipinski definition) is 7. The van der Waals surface area contributed by atoms with Crippen molar-refractivity contribution in [1.29, 1.82) is 0 Å². The van der Waals surface area contributed by atoms with E-state index in [4.69, 9.17) is 21.1 Å². The van der Waals surface area contributed by atoms with Gasteiger partial charge in [0.1, 0.15) is 33.1 Å². The van der Waals surface area contributed by atoms with Gasteiger partial charge >= 0.3 is 12.1 Å². The Labute approximate surface area is 290 Å². The molecule has 2 N–H and O–H groups in total. The fraction of sp³-hybridized carbons (Fsp3) is 0.417. The average molecular weight is 726 g/mol. The highest BCUT2D eigenvalue weighted by atomic mass is 79.9. The molecule has 1 fully saturated rings. The summed E-state index contributed by atoms with van der Waals surface area (Å²) in [5, 5.41) is 13.3. The number of carbonyl (C=O) groups excluding carboxylic acids is 1. The maximum Gasteiger partial charge on any atom is 0.413 e. The van der Waals surface area contributed by atoms with Crippen molar-refractivity contribution in [3.05, 3.63) is 80.9 Å². The molecule has 0 radical (unpaired) electrons. The summed E-state index contributed by atoms with van der Waals surface area (Å²) >= 11 is 9.54. The molecular formula is C36H42BrClN4O5. The van der Waals surface area contributed by atoms with Gasteiger partial charge in [-0.3, -0.25) is 10.2 Å². The van der Waals surface area contributed by atoms with Gasteiger partial charge in [-0.05, 0) is 96.8 Å². The Balaban J connectivity index is 1.29. The number of nitrogens with one attached hydrogen (secondary N) is 1. The maximum absolute atomic E-state index is 12.3. The summed E-state index contributed by atoms with van der Waals surface area (Å²) in [6, 6.07) is 16.5. The van der Waals surface area contributed by atoms with Crippen LogP contribution in [0.5, 0.6) is 11.5 Å². The van der Waals surface area contributed by atoms with Crippen LogP contribution in [0.25, 0.3) is 5.57 Å². The second-order valence-electron chi connectivity index (χ2n) is 13.9. The number of aromatic carboxylic acids is 1. The molecule has 0 unspecified atom stereocenters. The fourth-order valence-electron chi connectivity index (χ4n) is 6.00. The highest BCUT2D eigenvalue weighted by Crippen LogP contribution is 2.43. The molecule has 2 heterocycles. The second-order valence-corrected chi connectivity index (χ2v) is 15.2. The van der Waals surface area contributed by atoms with Crippen LogP contribution in [0.3, 0.4) is 0 Å². The predicted octanol–water partition coefficient (Wildman–Crippen LogP) is 9.12. The molecule has 0 bridgehead atoms. The minimum Gasteiger partial charge on any atom is -0.478 e. The number of nitrogens with zero attached hydrogens (tertiary/aromatic N) is 3. The second kappa shape index (κ2) is 14.3. The van der Waals surface area contributed by atoms with E-state index >= 15 is 0 Å². The monoisotopic (exact) mass is 724 g/mol. The molecule has 47 heavy (non-hydrogen) atoms. The van der Waals surface area contributed by atoms with Gasteiger partial charge in [0.15, 0.2) is 0 Å². The largest absolute Gasteiger partial charge is 0.478 e. The summed E-state index contributed by atoms with van der Waals surface area (Å²) in [6.07, 6.45) is 2.65. The van der Waals surface area contributed by atoms with E-state index < -0.39 is 17.7 Å². The third-order valence-electron chi connectivity index (χ3n) is 8.35. The lowest BCUT2D eigenvalue weighted by atomic mass is 9.72. The smallest absolute Gasteiger partial charge is 0.413 e. The number of hydrogen-bond donors (Lipinski definition) is 2. The highest BCUT2D eigenvalue weighted by molar-refractivity contribution is 9.10. The molecule has 9 nitrogen and oxygen atoms in total. The van der Waals surface area contributed by atoms with Gasteiger partial charge in [0.05, 0.1) is 0 Å². The molecule has 0 atom stereocenters. The first-order chi connectivity index (χ1) is 22.1. The van der Waals surface area contributed by atoms with Gasteiger partial charge in [-0.1, -0.05) is 43.2 Å². The predicted molar refractivity (Wildman–Crippen MR) is 190 cm³/mol. The zero-order chi connectivity index (χ0) is 33.9. The van der Waals surface area contributed by atoms with Crippen molar-refractivity contribution in [2.24, 2.45) is 5.41 Å².